The van der Waals surface area contributed by atoms with E-state index >= 15 is 0 Å². The Bertz CT molecular complexity index is 766. The second-order valence-corrected chi connectivity index (χ2v) is 4.65. The van der Waals surface area contributed by atoms with Crippen LogP contribution in [0, 0.1) is 0 Å². The predicted molar refractivity (Wildman–Crippen MR) is 80.0 cm³/mol. The first kappa shape index (κ1) is 13.3. The fourth-order valence-corrected chi connectivity index (χ4v) is 2.14. The number of carbonyl (C=O) groups excluding carboxylic acids is 1. The van der Waals surface area contributed by atoms with E-state index in [-0.39, 0.29) is 19.1 Å². The van der Waals surface area contributed by atoms with Gasteiger partial charge >= 0.3 is 0 Å². The van der Waals surface area contributed by atoms with Gasteiger partial charge in [-0.25, -0.2) is 4.98 Å². The maximum absolute atomic E-state index is 11.9. The Labute approximate surface area is 121 Å². The molecule has 0 fully saturated rings. The van der Waals surface area contributed by atoms with E-state index in [0.29, 0.717) is 11.2 Å². The molecule has 1 amide bonds. The van der Waals surface area contributed by atoms with E-state index in [1.54, 1.807) is 12.1 Å². The highest BCUT2D eigenvalue weighted by molar-refractivity contribution is 5.95. The predicted octanol–water partition coefficient (Wildman–Crippen LogP) is 1.72. The van der Waals surface area contributed by atoms with Crippen molar-refractivity contribution in [2.45, 2.75) is 0 Å². The van der Waals surface area contributed by atoms with Crippen LogP contribution < -0.4 is 5.32 Å². The van der Waals surface area contributed by atoms with Gasteiger partial charge in [-0.05, 0) is 12.1 Å². The molecule has 2 aromatic heterocycles. The maximum Gasteiger partial charge on any atom is 0.251 e. The van der Waals surface area contributed by atoms with Crippen molar-refractivity contribution >= 4 is 11.6 Å². The van der Waals surface area contributed by atoms with Gasteiger partial charge in [-0.15, -0.1) is 0 Å². The molecule has 2 N–H and O–H groups in total. The van der Waals surface area contributed by atoms with Crippen LogP contribution in [-0.4, -0.2) is 33.6 Å². The molecule has 3 rings (SSSR count). The van der Waals surface area contributed by atoms with Crippen molar-refractivity contribution in [3.8, 4) is 11.3 Å². The highest BCUT2D eigenvalue weighted by Gasteiger charge is 2.08. The van der Waals surface area contributed by atoms with E-state index in [0.717, 1.165) is 11.3 Å². The molecule has 0 radical (unpaired) electrons. The Balaban J connectivity index is 1.94. The third-order valence-electron chi connectivity index (χ3n) is 3.19. The highest BCUT2D eigenvalue weighted by Crippen LogP contribution is 2.19. The lowest BCUT2D eigenvalue weighted by molar-refractivity contribution is 0.0945. The Morgan fingerprint density at radius 2 is 2.05 bits per heavy atom. The number of nitrogens with one attached hydrogen (secondary N) is 1. The average Bonchev–Trinajstić information content (AvgIpc) is 2.96. The minimum Gasteiger partial charge on any atom is -0.395 e. The molecule has 0 aliphatic carbocycles. The van der Waals surface area contributed by atoms with Crippen LogP contribution in [0.15, 0.2) is 54.9 Å². The lowest BCUT2D eigenvalue weighted by Gasteiger charge is -2.03. The van der Waals surface area contributed by atoms with Crippen LogP contribution in [-0.2, 0) is 0 Å². The summed E-state index contributed by atoms with van der Waals surface area (Å²) in [7, 11) is 0. The summed E-state index contributed by atoms with van der Waals surface area (Å²) in [5, 5.41) is 11.4. The number of amides is 1. The lowest BCUT2D eigenvalue weighted by Crippen LogP contribution is -2.26. The zero-order chi connectivity index (χ0) is 14.7. The summed E-state index contributed by atoms with van der Waals surface area (Å²) >= 11 is 0. The van der Waals surface area contributed by atoms with E-state index in [1.807, 2.05) is 47.1 Å². The summed E-state index contributed by atoms with van der Waals surface area (Å²) in [4.78, 5) is 16.4. The summed E-state index contributed by atoms with van der Waals surface area (Å²) in [5.74, 6) is -0.212. The van der Waals surface area contributed by atoms with E-state index < -0.39 is 0 Å². The third kappa shape index (κ3) is 2.78. The van der Waals surface area contributed by atoms with E-state index in [4.69, 9.17) is 5.11 Å². The molecular weight excluding hydrogens is 266 g/mol. The molecule has 1 aromatic carbocycles. The van der Waals surface area contributed by atoms with Crippen molar-refractivity contribution < 1.29 is 9.90 Å². The Hall–Kier alpha value is -2.66. The largest absolute Gasteiger partial charge is 0.395 e. The summed E-state index contributed by atoms with van der Waals surface area (Å²) in [5.41, 5.74) is 3.14. The van der Waals surface area contributed by atoms with Gasteiger partial charge in [0, 0.05) is 30.1 Å². The molecule has 21 heavy (non-hydrogen) atoms. The van der Waals surface area contributed by atoms with Crippen LogP contribution >= 0.6 is 0 Å². The first-order valence-electron chi connectivity index (χ1n) is 6.71. The molecule has 5 nitrogen and oxygen atoms in total. The summed E-state index contributed by atoms with van der Waals surface area (Å²) in [6.07, 6.45) is 3.74. The van der Waals surface area contributed by atoms with Crippen LogP contribution in [0.5, 0.6) is 0 Å². The van der Waals surface area contributed by atoms with Crippen molar-refractivity contribution in [2.24, 2.45) is 0 Å². The van der Waals surface area contributed by atoms with Crippen molar-refractivity contribution in [3.63, 3.8) is 0 Å². The van der Waals surface area contributed by atoms with Gasteiger partial charge in [-0.1, -0.05) is 30.3 Å². The molecule has 0 saturated carbocycles. The number of aromatic nitrogens is 2. The number of nitrogens with zero attached hydrogens (tertiary/aromatic N) is 2. The molecule has 0 atom stereocenters. The van der Waals surface area contributed by atoms with Crippen LogP contribution in [0.1, 0.15) is 10.4 Å². The first-order chi connectivity index (χ1) is 10.3. The second-order valence-electron chi connectivity index (χ2n) is 4.65. The van der Waals surface area contributed by atoms with Crippen LogP contribution in [0.3, 0.4) is 0 Å². The summed E-state index contributed by atoms with van der Waals surface area (Å²) < 4.78 is 1.88. The topological polar surface area (TPSA) is 66.6 Å². The highest BCUT2D eigenvalue weighted by atomic mass is 16.3. The zero-order valence-electron chi connectivity index (χ0n) is 11.4. The van der Waals surface area contributed by atoms with Gasteiger partial charge in [0.15, 0.2) is 0 Å². The number of aliphatic hydroxyl groups is 1. The Morgan fingerprint density at radius 1 is 1.24 bits per heavy atom. The van der Waals surface area contributed by atoms with Crippen LogP contribution in [0.4, 0.5) is 0 Å². The average molecular weight is 281 g/mol. The van der Waals surface area contributed by atoms with Gasteiger partial charge in [-0.2, -0.15) is 0 Å². The monoisotopic (exact) mass is 281 g/mol. The summed E-state index contributed by atoms with van der Waals surface area (Å²) in [6.45, 7) is 0.170. The molecule has 0 aliphatic rings. The quantitative estimate of drug-likeness (QED) is 0.765. The normalized spacial score (nSPS) is 10.7. The van der Waals surface area contributed by atoms with E-state index in [2.05, 4.69) is 10.3 Å². The number of rotatable bonds is 4. The third-order valence-corrected chi connectivity index (χ3v) is 3.19. The van der Waals surface area contributed by atoms with Gasteiger partial charge in [-0.3, -0.25) is 4.79 Å². The molecule has 106 valence electrons. The molecular formula is C16H15N3O2. The minimum absolute atomic E-state index is 0.0739. The number of carbonyl (C=O) groups is 1. The molecule has 3 aromatic rings. The number of fused-ring (bicyclic) bond motifs is 1. The van der Waals surface area contributed by atoms with Gasteiger partial charge in [0.05, 0.1) is 12.3 Å². The number of pyridine rings is 1. The second kappa shape index (κ2) is 5.76. The molecule has 0 spiro atoms. The molecule has 0 bridgehead atoms. The van der Waals surface area contributed by atoms with Crippen LogP contribution in [0.25, 0.3) is 16.9 Å². The molecule has 2 heterocycles. The maximum atomic E-state index is 11.9. The van der Waals surface area contributed by atoms with E-state index in [1.165, 1.54) is 0 Å². The molecule has 0 unspecified atom stereocenters. The fraction of sp³-hybridized carbons (Fsp3) is 0.125. The standard InChI is InChI=1S/C16H15N3O2/c20-9-7-17-16(21)13-6-8-19-11-14(18-15(19)10-13)12-4-2-1-3-5-12/h1-6,8,10-11,20H,7,9H2,(H,17,21). The number of hydrogen-bond acceptors (Lipinski definition) is 3. The van der Waals surface area contributed by atoms with Gasteiger partial charge in [0.2, 0.25) is 0 Å². The van der Waals surface area contributed by atoms with Gasteiger partial charge < -0.3 is 14.8 Å². The SMILES string of the molecule is O=C(NCCO)c1ccn2cc(-c3ccccc3)nc2c1. The van der Waals surface area contributed by atoms with Crippen molar-refractivity contribution in [3.05, 3.63) is 60.4 Å². The Morgan fingerprint density at radius 3 is 2.81 bits per heavy atom. The molecule has 0 aliphatic heterocycles. The summed E-state index contributed by atoms with van der Waals surface area (Å²) in [6, 6.07) is 13.4. The molecule has 0 saturated heterocycles. The smallest absolute Gasteiger partial charge is 0.251 e. The fourth-order valence-electron chi connectivity index (χ4n) is 2.14. The zero-order valence-corrected chi connectivity index (χ0v) is 11.4. The van der Waals surface area contributed by atoms with Crippen LogP contribution in [0.2, 0.25) is 0 Å². The van der Waals surface area contributed by atoms with E-state index in [9.17, 15) is 4.79 Å². The van der Waals surface area contributed by atoms with Gasteiger partial charge in [0.1, 0.15) is 5.65 Å². The number of aliphatic hydroxyl groups excluding tert-OH is 1. The molecule has 5 heteroatoms. The Kier molecular flexibility index (Phi) is 3.66. The van der Waals surface area contributed by atoms with Gasteiger partial charge in [0.25, 0.3) is 5.91 Å². The van der Waals surface area contributed by atoms with Crippen molar-refractivity contribution in [2.75, 3.05) is 13.2 Å². The first-order valence-corrected chi connectivity index (χ1v) is 6.71. The van der Waals surface area contributed by atoms with Crippen molar-refractivity contribution in [1.29, 1.82) is 0 Å². The number of benzene rings is 1. The number of imidazole rings is 1. The lowest BCUT2D eigenvalue weighted by atomic mass is 10.2. The minimum atomic E-state index is -0.212. The number of hydrogen-bond donors (Lipinski definition) is 2. The van der Waals surface area contributed by atoms with Crippen molar-refractivity contribution in [1.82, 2.24) is 14.7 Å².